The number of nitriles is 1. The molecule has 2 aromatic carbocycles. The van der Waals surface area contributed by atoms with Gasteiger partial charge in [-0.25, -0.2) is 4.79 Å². The van der Waals surface area contributed by atoms with Crippen LogP contribution in [-0.4, -0.2) is 54.9 Å². The monoisotopic (exact) mass is 393 g/mol. The van der Waals surface area contributed by atoms with Crippen LogP contribution in [-0.2, 0) is 11.2 Å². The third-order valence-corrected chi connectivity index (χ3v) is 5.51. The molecule has 6 heteroatoms. The number of esters is 1. The van der Waals surface area contributed by atoms with E-state index < -0.39 is 5.60 Å². The molecule has 1 saturated heterocycles. The lowest BCUT2D eigenvalue weighted by Gasteiger charge is -2.38. The van der Waals surface area contributed by atoms with Crippen molar-refractivity contribution in [3.8, 4) is 6.07 Å². The fourth-order valence-corrected chi connectivity index (χ4v) is 3.51. The molecule has 0 aliphatic carbocycles. The number of nitrogens with zero attached hydrogens (tertiary/aromatic N) is 2. The number of hydrogen-bond acceptors (Lipinski definition) is 6. The Bertz CT molecular complexity index is 848. The number of rotatable bonds is 7. The largest absolute Gasteiger partial charge is 0.465 e. The first kappa shape index (κ1) is 20.8. The van der Waals surface area contributed by atoms with Crippen molar-refractivity contribution in [2.24, 2.45) is 0 Å². The maximum atomic E-state index is 11.5. The topological polar surface area (TPSA) is 85.6 Å². The zero-order chi connectivity index (χ0) is 20.7. The standard InChI is InChI=1S/C23H27N3O3/c1-29-22(27)20-6-8-21(9-7-20)25-17-23(28)11-14-26(15-12-23)13-10-18-2-4-19(16-24)5-3-18/h2-9,25,28H,10-15,17H2,1H3. The Labute approximate surface area is 171 Å². The van der Waals surface area contributed by atoms with E-state index in [1.807, 2.05) is 36.4 Å². The summed E-state index contributed by atoms with van der Waals surface area (Å²) >= 11 is 0. The van der Waals surface area contributed by atoms with Crippen LogP contribution in [0.4, 0.5) is 5.69 Å². The predicted octanol–water partition coefficient (Wildman–Crippen LogP) is 2.83. The summed E-state index contributed by atoms with van der Waals surface area (Å²) in [5.74, 6) is -0.358. The van der Waals surface area contributed by atoms with Gasteiger partial charge in [0.05, 0.1) is 29.9 Å². The summed E-state index contributed by atoms with van der Waals surface area (Å²) in [6.07, 6.45) is 2.37. The van der Waals surface area contributed by atoms with Crippen molar-refractivity contribution in [3.63, 3.8) is 0 Å². The molecule has 0 amide bonds. The Kier molecular flexibility index (Phi) is 6.86. The second kappa shape index (κ2) is 9.55. The van der Waals surface area contributed by atoms with Gasteiger partial charge in [-0.2, -0.15) is 5.26 Å². The number of hydrogen-bond donors (Lipinski definition) is 2. The van der Waals surface area contributed by atoms with Gasteiger partial charge >= 0.3 is 5.97 Å². The number of methoxy groups -OCH3 is 1. The van der Waals surface area contributed by atoms with Crippen molar-refractivity contribution < 1.29 is 14.6 Å². The second-order valence-corrected chi connectivity index (χ2v) is 7.55. The summed E-state index contributed by atoms with van der Waals surface area (Å²) in [4.78, 5) is 13.9. The fraction of sp³-hybridized carbons (Fsp3) is 0.391. The molecule has 0 saturated carbocycles. The number of benzene rings is 2. The molecule has 0 atom stereocenters. The lowest BCUT2D eigenvalue weighted by atomic mass is 9.91. The van der Waals surface area contributed by atoms with Crippen LogP contribution in [0.15, 0.2) is 48.5 Å². The molecule has 29 heavy (non-hydrogen) atoms. The van der Waals surface area contributed by atoms with Crippen LogP contribution in [0.1, 0.15) is 34.3 Å². The first-order valence-corrected chi connectivity index (χ1v) is 9.87. The van der Waals surface area contributed by atoms with E-state index in [1.54, 1.807) is 12.1 Å². The van der Waals surface area contributed by atoms with Crippen LogP contribution >= 0.6 is 0 Å². The molecule has 0 bridgehead atoms. The van der Waals surface area contributed by atoms with E-state index in [4.69, 9.17) is 10.00 Å². The highest BCUT2D eigenvalue weighted by Gasteiger charge is 2.31. The molecule has 1 fully saturated rings. The highest BCUT2D eigenvalue weighted by molar-refractivity contribution is 5.89. The van der Waals surface area contributed by atoms with E-state index in [-0.39, 0.29) is 5.97 Å². The number of carbonyl (C=O) groups is 1. The first-order valence-electron chi connectivity index (χ1n) is 9.87. The van der Waals surface area contributed by atoms with Crippen molar-refractivity contribution in [3.05, 3.63) is 65.2 Å². The minimum absolute atomic E-state index is 0.358. The molecule has 1 heterocycles. The average Bonchev–Trinajstić information content (AvgIpc) is 2.77. The van der Waals surface area contributed by atoms with Crippen LogP contribution in [0, 0.1) is 11.3 Å². The van der Waals surface area contributed by atoms with Gasteiger partial charge in [0.2, 0.25) is 0 Å². The van der Waals surface area contributed by atoms with Crippen molar-refractivity contribution in [2.45, 2.75) is 24.9 Å². The van der Waals surface area contributed by atoms with E-state index in [1.165, 1.54) is 12.7 Å². The third-order valence-electron chi connectivity index (χ3n) is 5.51. The van der Waals surface area contributed by atoms with Crippen LogP contribution in [0.2, 0.25) is 0 Å². The number of aliphatic hydroxyl groups is 1. The van der Waals surface area contributed by atoms with Crippen LogP contribution < -0.4 is 5.32 Å². The van der Waals surface area contributed by atoms with Gasteiger partial charge in [0.1, 0.15) is 0 Å². The molecule has 2 aromatic rings. The van der Waals surface area contributed by atoms with Crippen molar-refractivity contribution in [1.82, 2.24) is 4.90 Å². The average molecular weight is 393 g/mol. The maximum Gasteiger partial charge on any atom is 0.337 e. The molecular formula is C23H27N3O3. The van der Waals surface area contributed by atoms with Crippen molar-refractivity contribution in [1.29, 1.82) is 5.26 Å². The highest BCUT2D eigenvalue weighted by Crippen LogP contribution is 2.23. The smallest absolute Gasteiger partial charge is 0.337 e. The summed E-state index contributed by atoms with van der Waals surface area (Å²) in [5.41, 5.74) is 2.55. The van der Waals surface area contributed by atoms with E-state index in [2.05, 4.69) is 16.3 Å². The van der Waals surface area contributed by atoms with Gasteiger partial charge in [-0.3, -0.25) is 0 Å². The Morgan fingerprint density at radius 2 is 1.83 bits per heavy atom. The van der Waals surface area contributed by atoms with Crippen LogP contribution in [0.3, 0.4) is 0 Å². The number of likely N-dealkylation sites (tertiary alicyclic amines) is 1. The molecular weight excluding hydrogens is 366 g/mol. The molecule has 0 aromatic heterocycles. The zero-order valence-electron chi connectivity index (χ0n) is 16.7. The molecule has 0 unspecified atom stereocenters. The Hall–Kier alpha value is -2.88. The summed E-state index contributed by atoms with van der Waals surface area (Å²) in [6, 6.07) is 16.9. The molecule has 2 N–H and O–H groups in total. The Morgan fingerprint density at radius 3 is 2.41 bits per heavy atom. The maximum absolute atomic E-state index is 11.5. The quantitative estimate of drug-likeness (QED) is 0.704. The van der Waals surface area contributed by atoms with Gasteiger partial charge in [0.25, 0.3) is 0 Å². The SMILES string of the molecule is COC(=O)c1ccc(NCC2(O)CCN(CCc3ccc(C#N)cc3)CC2)cc1. The van der Waals surface area contributed by atoms with Gasteiger partial charge in [-0.1, -0.05) is 12.1 Å². The van der Waals surface area contributed by atoms with E-state index >= 15 is 0 Å². The number of anilines is 1. The molecule has 0 spiro atoms. The summed E-state index contributed by atoms with van der Waals surface area (Å²) in [5, 5.41) is 23.0. The second-order valence-electron chi connectivity index (χ2n) is 7.55. The van der Waals surface area contributed by atoms with Gasteiger partial charge in [-0.05, 0) is 61.2 Å². The lowest BCUT2D eigenvalue weighted by molar-refractivity contribution is -0.00971. The predicted molar refractivity (Wildman–Crippen MR) is 112 cm³/mol. The van der Waals surface area contributed by atoms with Crippen molar-refractivity contribution >= 4 is 11.7 Å². The zero-order valence-corrected chi connectivity index (χ0v) is 16.7. The van der Waals surface area contributed by atoms with Gasteiger partial charge in [-0.15, -0.1) is 0 Å². The normalized spacial score (nSPS) is 16.0. The summed E-state index contributed by atoms with van der Waals surface area (Å²) < 4.78 is 4.70. The van der Waals surface area contributed by atoms with Gasteiger partial charge in [0, 0.05) is 31.9 Å². The molecule has 6 nitrogen and oxygen atoms in total. The number of carbonyl (C=O) groups excluding carboxylic acids is 1. The van der Waals surface area contributed by atoms with Crippen molar-refractivity contribution in [2.75, 3.05) is 38.6 Å². The Morgan fingerprint density at radius 1 is 1.17 bits per heavy atom. The summed E-state index contributed by atoms with van der Waals surface area (Å²) in [7, 11) is 1.36. The number of nitrogens with one attached hydrogen (secondary N) is 1. The first-order chi connectivity index (χ1) is 14.0. The molecule has 3 rings (SSSR count). The van der Waals surface area contributed by atoms with Crippen LogP contribution in [0.25, 0.3) is 0 Å². The Balaban J connectivity index is 1.42. The van der Waals surface area contributed by atoms with Crippen LogP contribution in [0.5, 0.6) is 0 Å². The van der Waals surface area contributed by atoms with Gasteiger partial charge in [0.15, 0.2) is 0 Å². The van der Waals surface area contributed by atoms with E-state index in [0.717, 1.165) is 31.7 Å². The fourth-order valence-electron chi connectivity index (χ4n) is 3.51. The third kappa shape index (κ3) is 5.80. The van der Waals surface area contributed by atoms with E-state index in [0.29, 0.717) is 30.5 Å². The molecule has 152 valence electrons. The number of piperidine rings is 1. The van der Waals surface area contributed by atoms with E-state index in [9.17, 15) is 9.90 Å². The number of ether oxygens (including phenoxy) is 1. The molecule has 0 radical (unpaired) electrons. The molecule has 1 aliphatic rings. The minimum Gasteiger partial charge on any atom is -0.465 e. The summed E-state index contributed by atoms with van der Waals surface area (Å²) in [6.45, 7) is 3.14. The lowest BCUT2D eigenvalue weighted by Crippen LogP contribution is -2.48. The molecule has 1 aliphatic heterocycles. The highest BCUT2D eigenvalue weighted by atomic mass is 16.5. The van der Waals surface area contributed by atoms with Gasteiger partial charge < -0.3 is 20.1 Å². The minimum atomic E-state index is -0.730.